The molecule has 0 heterocycles. The van der Waals surface area contributed by atoms with Gasteiger partial charge in [-0.1, -0.05) is 20.3 Å². The predicted octanol–water partition coefficient (Wildman–Crippen LogP) is 3.43. The van der Waals surface area contributed by atoms with Crippen molar-refractivity contribution in [3.05, 3.63) is 0 Å². The summed E-state index contributed by atoms with van der Waals surface area (Å²) in [4.78, 5) is 13.5. The zero-order chi connectivity index (χ0) is 12.1. The van der Waals surface area contributed by atoms with Gasteiger partial charge in [0.2, 0.25) is 0 Å². The fourth-order valence-corrected chi connectivity index (χ4v) is 1.49. The highest BCUT2D eigenvalue weighted by Gasteiger charge is 2.23. The van der Waals surface area contributed by atoms with Gasteiger partial charge in [-0.3, -0.25) is 0 Å². The molecule has 3 heteroatoms. The topological polar surface area (TPSA) is 29.5 Å². The summed E-state index contributed by atoms with van der Waals surface area (Å²) in [6.45, 7) is 9.89. The Morgan fingerprint density at radius 2 is 1.87 bits per heavy atom. The maximum atomic E-state index is 11.7. The minimum Gasteiger partial charge on any atom is -0.444 e. The van der Waals surface area contributed by atoms with E-state index in [9.17, 15) is 4.79 Å². The van der Waals surface area contributed by atoms with Gasteiger partial charge in [0.15, 0.2) is 0 Å². The molecular weight excluding hydrogens is 190 g/mol. The molecule has 0 aromatic carbocycles. The van der Waals surface area contributed by atoms with Gasteiger partial charge in [0, 0.05) is 13.1 Å². The first-order chi connectivity index (χ1) is 6.81. The van der Waals surface area contributed by atoms with Crippen molar-refractivity contribution in [3.8, 4) is 0 Å². The van der Waals surface area contributed by atoms with Crippen LogP contribution in [-0.4, -0.2) is 29.7 Å². The Bertz CT molecular complexity index is 196. The van der Waals surface area contributed by atoms with E-state index >= 15 is 0 Å². The standard InChI is InChI=1S/C12H25NO2/c1-7-9-10(8-2)13(6)11(14)15-12(3,4)5/h10H,7-9H2,1-6H3. The van der Waals surface area contributed by atoms with Crippen molar-refractivity contribution in [1.29, 1.82) is 0 Å². The highest BCUT2D eigenvalue weighted by atomic mass is 16.6. The summed E-state index contributed by atoms with van der Waals surface area (Å²) in [7, 11) is 1.82. The fourth-order valence-electron chi connectivity index (χ4n) is 1.49. The third-order valence-electron chi connectivity index (χ3n) is 2.32. The van der Waals surface area contributed by atoms with Gasteiger partial charge >= 0.3 is 6.09 Å². The van der Waals surface area contributed by atoms with Crippen LogP contribution in [0.25, 0.3) is 0 Å². The number of rotatable bonds is 4. The van der Waals surface area contributed by atoms with E-state index in [4.69, 9.17) is 4.74 Å². The van der Waals surface area contributed by atoms with Gasteiger partial charge in [-0.2, -0.15) is 0 Å². The first-order valence-corrected chi connectivity index (χ1v) is 5.77. The molecule has 0 saturated carbocycles. The SMILES string of the molecule is CCCC(CC)N(C)C(=O)OC(C)(C)C. The van der Waals surface area contributed by atoms with E-state index in [1.54, 1.807) is 4.90 Å². The monoisotopic (exact) mass is 215 g/mol. The van der Waals surface area contributed by atoms with E-state index < -0.39 is 5.60 Å². The van der Waals surface area contributed by atoms with E-state index in [0.717, 1.165) is 19.3 Å². The Labute approximate surface area is 93.8 Å². The molecular formula is C12H25NO2. The third-order valence-corrected chi connectivity index (χ3v) is 2.32. The number of hydrogen-bond acceptors (Lipinski definition) is 2. The normalized spacial score (nSPS) is 13.5. The van der Waals surface area contributed by atoms with Gasteiger partial charge in [-0.15, -0.1) is 0 Å². The molecule has 0 aliphatic heterocycles. The Morgan fingerprint density at radius 1 is 1.33 bits per heavy atom. The maximum Gasteiger partial charge on any atom is 0.410 e. The number of ether oxygens (including phenoxy) is 1. The second-order valence-corrected chi connectivity index (χ2v) is 4.94. The summed E-state index contributed by atoms with van der Waals surface area (Å²) in [6, 6.07) is 0.296. The van der Waals surface area contributed by atoms with Crippen molar-refractivity contribution < 1.29 is 9.53 Å². The summed E-state index contributed by atoms with van der Waals surface area (Å²) >= 11 is 0. The van der Waals surface area contributed by atoms with Gasteiger partial charge < -0.3 is 9.64 Å². The van der Waals surface area contributed by atoms with Crippen LogP contribution in [0.3, 0.4) is 0 Å². The summed E-state index contributed by atoms with van der Waals surface area (Å²) in [5.74, 6) is 0. The molecule has 1 amide bonds. The zero-order valence-electron chi connectivity index (χ0n) is 11.0. The van der Waals surface area contributed by atoms with Crippen molar-refractivity contribution in [3.63, 3.8) is 0 Å². The molecule has 0 aliphatic carbocycles. The van der Waals surface area contributed by atoms with Crippen molar-refractivity contribution in [2.75, 3.05) is 7.05 Å². The lowest BCUT2D eigenvalue weighted by molar-refractivity contribution is 0.0210. The first-order valence-electron chi connectivity index (χ1n) is 5.77. The summed E-state index contributed by atoms with van der Waals surface area (Å²) in [6.07, 6.45) is 2.88. The summed E-state index contributed by atoms with van der Waals surface area (Å²) in [5, 5.41) is 0. The van der Waals surface area contributed by atoms with Crippen LogP contribution >= 0.6 is 0 Å². The van der Waals surface area contributed by atoms with Crippen molar-refractivity contribution in [2.24, 2.45) is 0 Å². The van der Waals surface area contributed by atoms with E-state index in [1.807, 2.05) is 27.8 Å². The number of hydrogen-bond donors (Lipinski definition) is 0. The third kappa shape index (κ3) is 5.65. The van der Waals surface area contributed by atoms with Gasteiger partial charge in [0.05, 0.1) is 0 Å². The Balaban J connectivity index is 4.28. The number of carbonyl (C=O) groups excluding carboxylic acids is 1. The second-order valence-electron chi connectivity index (χ2n) is 4.94. The Hall–Kier alpha value is -0.730. The lowest BCUT2D eigenvalue weighted by Crippen LogP contribution is -2.40. The average molecular weight is 215 g/mol. The molecule has 0 spiro atoms. The molecule has 90 valence electrons. The van der Waals surface area contributed by atoms with Crippen LogP contribution < -0.4 is 0 Å². The molecule has 1 atom stereocenters. The van der Waals surface area contributed by atoms with Crippen molar-refractivity contribution >= 4 is 6.09 Å². The molecule has 0 N–H and O–H groups in total. The fraction of sp³-hybridized carbons (Fsp3) is 0.917. The van der Waals surface area contributed by atoms with E-state index in [1.165, 1.54) is 0 Å². The van der Waals surface area contributed by atoms with Crippen molar-refractivity contribution in [1.82, 2.24) is 4.90 Å². The quantitative estimate of drug-likeness (QED) is 0.719. The van der Waals surface area contributed by atoms with Crippen LogP contribution in [0.2, 0.25) is 0 Å². The lowest BCUT2D eigenvalue weighted by Gasteiger charge is -2.30. The van der Waals surface area contributed by atoms with Gasteiger partial charge in [-0.05, 0) is 33.6 Å². The summed E-state index contributed by atoms with van der Waals surface area (Å²) < 4.78 is 5.32. The minimum absolute atomic E-state index is 0.220. The Morgan fingerprint density at radius 3 is 2.20 bits per heavy atom. The predicted molar refractivity (Wildman–Crippen MR) is 63.0 cm³/mol. The number of nitrogens with zero attached hydrogens (tertiary/aromatic N) is 1. The number of amides is 1. The molecule has 0 aliphatic rings. The zero-order valence-corrected chi connectivity index (χ0v) is 11.0. The first kappa shape index (κ1) is 14.3. The second kappa shape index (κ2) is 5.99. The molecule has 0 radical (unpaired) electrons. The molecule has 0 saturated heterocycles. The molecule has 0 aromatic rings. The molecule has 0 rings (SSSR count). The summed E-state index contributed by atoms with van der Waals surface area (Å²) in [5.41, 5.74) is -0.407. The molecule has 0 bridgehead atoms. The molecule has 0 fully saturated rings. The van der Waals surface area contributed by atoms with E-state index in [0.29, 0.717) is 6.04 Å². The maximum absolute atomic E-state index is 11.7. The largest absolute Gasteiger partial charge is 0.444 e. The van der Waals surface area contributed by atoms with Crippen LogP contribution in [0.4, 0.5) is 4.79 Å². The van der Waals surface area contributed by atoms with Gasteiger partial charge in [-0.25, -0.2) is 4.79 Å². The minimum atomic E-state index is -0.407. The smallest absolute Gasteiger partial charge is 0.410 e. The number of carbonyl (C=O) groups is 1. The van der Waals surface area contributed by atoms with Crippen LogP contribution in [-0.2, 0) is 4.74 Å². The molecule has 15 heavy (non-hydrogen) atoms. The van der Waals surface area contributed by atoms with Crippen LogP contribution in [0.5, 0.6) is 0 Å². The van der Waals surface area contributed by atoms with E-state index in [-0.39, 0.29) is 6.09 Å². The highest BCUT2D eigenvalue weighted by molar-refractivity contribution is 5.68. The van der Waals surface area contributed by atoms with Gasteiger partial charge in [0.25, 0.3) is 0 Å². The van der Waals surface area contributed by atoms with Gasteiger partial charge in [0.1, 0.15) is 5.60 Å². The lowest BCUT2D eigenvalue weighted by atomic mass is 10.1. The molecule has 3 nitrogen and oxygen atoms in total. The molecule has 1 unspecified atom stereocenters. The van der Waals surface area contributed by atoms with Crippen LogP contribution in [0.1, 0.15) is 53.9 Å². The van der Waals surface area contributed by atoms with Crippen molar-refractivity contribution in [2.45, 2.75) is 65.5 Å². The Kier molecular flexibility index (Phi) is 5.69. The van der Waals surface area contributed by atoms with E-state index in [2.05, 4.69) is 13.8 Å². The van der Waals surface area contributed by atoms with Crippen LogP contribution in [0, 0.1) is 0 Å². The average Bonchev–Trinajstić information content (AvgIpc) is 2.10. The highest BCUT2D eigenvalue weighted by Crippen LogP contribution is 2.14. The van der Waals surface area contributed by atoms with Crippen LogP contribution in [0.15, 0.2) is 0 Å². The molecule has 0 aromatic heterocycles.